The molecule has 2 rings (SSSR count). The third-order valence-corrected chi connectivity index (χ3v) is 4.09. The first-order valence-corrected chi connectivity index (χ1v) is 8.20. The van der Waals surface area contributed by atoms with Crippen LogP contribution >= 0.6 is 11.6 Å². The zero-order chi connectivity index (χ0) is 16.1. The highest BCUT2D eigenvalue weighted by Gasteiger charge is 2.28. The van der Waals surface area contributed by atoms with E-state index in [2.05, 4.69) is 19.2 Å². The molecule has 1 saturated heterocycles. The second-order valence-electron chi connectivity index (χ2n) is 6.19. The third kappa shape index (κ3) is 4.47. The molecule has 4 nitrogen and oxygen atoms in total. The number of amides is 2. The number of nitrogens with zero attached hydrogens (tertiary/aromatic N) is 1. The zero-order valence-corrected chi connectivity index (χ0v) is 13.9. The van der Waals surface area contributed by atoms with E-state index in [1.54, 1.807) is 24.3 Å². The Bertz CT molecular complexity index is 522. The van der Waals surface area contributed by atoms with Crippen molar-refractivity contribution in [2.45, 2.75) is 39.2 Å². The molecule has 1 atom stereocenters. The molecule has 0 spiro atoms. The van der Waals surface area contributed by atoms with Gasteiger partial charge in [-0.25, -0.2) is 0 Å². The summed E-state index contributed by atoms with van der Waals surface area (Å²) in [5.41, 5.74) is 0.521. The summed E-state index contributed by atoms with van der Waals surface area (Å²) < 4.78 is 0. The Hall–Kier alpha value is -1.55. The van der Waals surface area contributed by atoms with Crippen molar-refractivity contribution >= 4 is 23.4 Å². The SMILES string of the molecule is CC(C)C[C@@H](NC(=O)c1ccc(Cl)cc1)C(=O)N1CCCC1. The second-order valence-corrected chi connectivity index (χ2v) is 6.63. The lowest BCUT2D eigenvalue weighted by atomic mass is 10.0. The number of rotatable bonds is 5. The molecule has 0 radical (unpaired) electrons. The lowest BCUT2D eigenvalue weighted by molar-refractivity contribution is -0.132. The maximum absolute atomic E-state index is 12.6. The van der Waals surface area contributed by atoms with Crippen molar-refractivity contribution in [1.82, 2.24) is 10.2 Å². The number of likely N-dealkylation sites (tertiary alicyclic amines) is 1. The molecule has 1 aromatic carbocycles. The van der Waals surface area contributed by atoms with Gasteiger partial charge in [-0.05, 0) is 49.4 Å². The largest absolute Gasteiger partial charge is 0.341 e. The van der Waals surface area contributed by atoms with Gasteiger partial charge in [0, 0.05) is 23.7 Å². The van der Waals surface area contributed by atoms with Crippen molar-refractivity contribution in [1.29, 1.82) is 0 Å². The van der Waals surface area contributed by atoms with Crippen LogP contribution in [0.1, 0.15) is 43.5 Å². The van der Waals surface area contributed by atoms with Crippen LogP contribution in [0, 0.1) is 5.92 Å². The summed E-state index contributed by atoms with van der Waals surface area (Å²) in [4.78, 5) is 26.8. The quantitative estimate of drug-likeness (QED) is 0.905. The minimum atomic E-state index is -0.457. The summed E-state index contributed by atoms with van der Waals surface area (Å²) in [5, 5.41) is 3.47. The summed E-state index contributed by atoms with van der Waals surface area (Å²) in [5.74, 6) is 0.144. The lowest BCUT2D eigenvalue weighted by Gasteiger charge is -2.25. The van der Waals surface area contributed by atoms with E-state index in [0.717, 1.165) is 25.9 Å². The van der Waals surface area contributed by atoms with Crippen LogP contribution < -0.4 is 5.32 Å². The zero-order valence-electron chi connectivity index (χ0n) is 13.1. The summed E-state index contributed by atoms with van der Waals surface area (Å²) in [6, 6.07) is 6.24. The number of carbonyl (C=O) groups is 2. The van der Waals surface area contributed by atoms with E-state index in [4.69, 9.17) is 11.6 Å². The maximum atomic E-state index is 12.6. The Morgan fingerprint density at radius 2 is 1.77 bits per heavy atom. The van der Waals surface area contributed by atoms with Gasteiger partial charge in [0.2, 0.25) is 5.91 Å². The highest BCUT2D eigenvalue weighted by molar-refractivity contribution is 6.30. The molecule has 0 aliphatic carbocycles. The van der Waals surface area contributed by atoms with Gasteiger partial charge in [0.05, 0.1) is 0 Å². The lowest BCUT2D eigenvalue weighted by Crippen LogP contribution is -2.48. The van der Waals surface area contributed by atoms with Gasteiger partial charge >= 0.3 is 0 Å². The minimum Gasteiger partial charge on any atom is -0.341 e. The third-order valence-electron chi connectivity index (χ3n) is 3.83. The van der Waals surface area contributed by atoms with E-state index in [-0.39, 0.29) is 11.8 Å². The Morgan fingerprint density at radius 3 is 2.32 bits per heavy atom. The molecular weight excluding hydrogens is 300 g/mol. The van der Waals surface area contributed by atoms with Crippen LogP contribution in [0.25, 0.3) is 0 Å². The smallest absolute Gasteiger partial charge is 0.251 e. The van der Waals surface area contributed by atoms with Crippen molar-refractivity contribution in [3.8, 4) is 0 Å². The molecule has 1 fully saturated rings. The van der Waals surface area contributed by atoms with Crippen LogP contribution in [-0.2, 0) is 4.79 Å². The molecule has 5 heteroatoms. The van der Waals surface area contributed by atoms with Crippen LogP contribution in [0.15, 0.2) is 24.3 Å². The van der Waals surface area contributed by atoms with Crippen molar-refractivity contribution in [3.05, 3.63) is 34.9 Å². The van der Waals surface area contributed by atoms with Crippen LogP contribution in [0.3, 0.4) is 0 Å². The van der Waals surface area contributed by atoms with Gasteiger partial charge in [-0.1, -0.05) is 25.4 Å². The number of hydrogen-bond acceptors (Lipinski definition) is 2. The Morgan fingerprint density at radius 1 is 1.18 bits per heavy atom. The standard InChI is InChI=1S/C17H23ClN2O2/c1-12(2)11-15(17(22)20-9-3-4-10-20)19-16(21)13-5-7-14(18)8-6-13/h5-8,12,15H,3-4,9-11H2,1-2H3,(H,19,21)/t15-/m1/s1. The van der Waals surface area contributed by atoms with Gasteiger partial charge in [0.15, 0.2) is 0 Å². The van der Waals surface area contributed by atoms with E-state index >= 15 is 0 Å². The fraction of sp³-hybridized carbons (Fsp3) is 0.529. The number of halogens is 1. The molecule has 120 valence electrons. The molecule has 1 heterocycles. The van der Waals surface area contributed by atoms with Gasteiger partial charge in [0.1, 0.15) is 6.04 Å². The predicted molar refractivity (Wildman–Crippen MR) is 88.0 cm³/mol. The molecule has 2 amide bonds. The van der Waals surface area contributed by atoms with E-state index < -0.39 is 6.04 Å². The van der Waals surface area contributed by atoms with Crippen molar-refractivity contribution < 1.29 is 9.59 Å². The Labute approximate surface area is 136 Å². The van der Waals surface area contributed by atoms with Crippen LogP contribution in [-0.4, -0.2) is 35.8 Å². The van der Waals surface area contributed by atoms with Crippen molar-refractivity contribution in [2.75, 3.05) is 13.1 Å². The molecule has 1 N–H and O–H groups in total. The molecule has 0 unspecified atom stereocenters. The van der Waals surface area contributed by atoms with E-state index in [9.17, 15) is 9.59 Å². The Balaban J connectivity index is 2.06. The number of hydrogen-bond donors (Lipinski definition) is 1. The fourth-order valence-corrected chi connectivity index (χ4v) is 2.82. The highest BCUT2D eigenvalue weighted by Crippen LogP contribution is 2.15. The first-order valence-electron chi connectivity index (χ1n) is 7.82. The molecule has 0 bridgehead atoms. The van der Waals surface area contributed by atoms with E-state index in [1.165, 1.54) is 0 Å². The van der Waals surface area contributed by atoms with Crippen LogP contribution in [0.4, 0.5) is 0 Å². The number of nitrogens with one attached hydrogen (secondary N) is 1. The van der Waals surface area contributed by atoms with Gasteiger partial charge in [-0.15, -0.1) is 0 Å². The molecule has 0 saturated carbocycles. The molecule has 22 heavy (non-hydrogen) atoms. The predicted octanol–water partition coefficient (Wildman–Crippen LogP) is 3.11. The fourth-order valence-electron chi connectivity index (χ4n) is 2.69. The molecule has 1 aliphatic rings. The van der Waals surface area contributed by atoms with E-state index in [1.807, 2.05) is 4.90 Å². The topological polar surface area (TPSA) is 49.4 Å². The molecule has 1 aromatic rings. The second kappa shape index (κ2) is 7.63. The average Bonchev–Trinajstić information content (AvgIpc) is 3.00. The first-order chi connectivity index (χ1) is 10.5. The van der Waals surface area contributed by atoms with Gasteiger partial charge in [0.25, 0.3) is 5.91 Å². The van der Waals surface area contributed by atoms with Crippen molar-refractivity contribution in [3.63, 3.8) is 0 Å². The summed E-state index contributed by atoms with van der Waals surface area (Å²) in [6.07, 6.45) is 2.74. The molecule has 0 aromatic heterocycles. The maximum Gasteiger partial charge on any atom is 0.251 e. The monoisotopic (exact) mass is 322 g/mol. The van der Waals surface area contributed by atoms with Gasteiger partial charge in [-0.2, -0.15) is 0 Å². The summed E-state index contributed by atoms with van der Waals surface area (Å²) in [6.45, 7) is 5.70. The van der Waals surface area contributed by atoms with Gasteiger partial charge < -0.3 is 10.2 Å². The summed E-state index contributed by atoms with van der Waals surface area (Å²) in [7, 11) is 0. The average molecular weight is 323 g/mol. The highest BCUT2D eigenvalue weighted by atomic mass is 35.5. The Kier molecular flexibility index (Phi) is 5.83. The number of carbonyl (C=O) groups excluding carboxylic acids is 2. The molecule has 1 aliphatic heterocycles. The first kappa shape index (κ1) is 16.8. The van der Waals surface area contributed by atoms with E-state index in [0.29, 0.717) is 22.9 Å². The van der Waals surface area contributed by atoms with Crippen LogP contribution in [0.2, 0.25) is 5.02 Å². The molecular formula is C17H23ClN2O2. The van der Waals surface area contributed by atoms with Crippen molar-refractivity contribution in [2.24, 2.45) is 5.92 Å². The van der Waals surface area contributed by atoms with Crippen LogP contribution in [0.5, 0.6) is 0 Å². The minimum absolute atomic E-state index is 0.0357. The normalized spacial score (nSPS) is 15.9. The summed E-state index contributed by atoms with van der Waals surface area (Å²) >= 11 is 5.83. The van der Waals surface area contributed by atoms with Gasteiger partial charge in [-0.3, -0.25) is 9.59 Å². The number of benzene rings is 1.